The summed E-state index contributed by atoms with van der Waals surface area (Å²) < 4.78 is 0. The van der Waals surface area contributed by atoms with Gasteiger partial charge in [0.1, 0.15) is 0 Å². The molecule has 39 heavy (non-hydrogen) atoms. The van der Waals surface area contributed by atoms with E-state index in [4.69, 9.17) is 0 Å². The molecule has 0 heterocycles. The fourth-order valence-electron chi connectivity index (χ4n) is 5.34. The fourth-order valence-corrected chi connectivity index (χ4v) is 5.34. The average molecular weight is 546 g/mol. The smallest absolute Gasteiger partial charge is 0.209 e. The first kappa shape index (κ1) is 38.0. The highest BCUT2D eigenvalue weighted by molar-refractivity contribution is 5.46. The first-order valence-corrected chi connectivity index (χ1v) is 17.8. The van der Waals surface area contributed by atoms with Gasteiger partial charge in [0.25, 0.3) is 0 Å². The van der Waals surface area contributed by atoms with Crippen molar-refractivity contribution in [1.29, 1.82) is 0 Å². The van der Waals surface area contributed by atoms with Gasteiger partial charge in [0.2, 0.25) is 6.41 Å². The van der Waals surface area contributed by atoms with E-state index < -0.39 is 0 Å². The first-order valence-electron chi connectivity index (χ1n) is 17.8. The summed E-state index contributed by atoms with van der Waals surface area (Å²) in [6, 6.07) is 0. The van der Waals surface area contributed by atoms with Crippen LogP contribution in [0.15, 0.2) is 24.3 Å². The van der Waals surface area contributed by atoms with Crippen LogP contribution in [-0.4, -0.2) is 24.4 Å². The molecule has 0 radical (unpaired) electrons. The van der Waals surface area contributed by atoms with E-state index in [1.165, 1.54) is 180 Å². The Morgan fingerprint density at radius 3 is 0.897 bits per heavy atom. The van der Waals surface area contributed by atoms with Gasteiger partial charge >= 0.3 is 0 Å². The van der Waals surface area contributed by atoms with Crippen LogP contribution in [0.1, 0.15) is 194 Å². The molecule has 0 aliphatic rings. The summed E-state index contributed by atoms with van der Waals surface area (Å²) in [5, 5.41) is 0. The second kappa shape index (κ2) is 35.0. The molecular formula is C37H71NO. The third kappa shape index (κ3) is 33.1. The van der Waals surface area contributed by atoms with Crippen molar-refractivity contribution in [3.05, 3.63) is 24.3 Å². The molecule has 0 aromatic heterocycles. The maximum atomic E-state index is 11.4. The van der Waals surface area contributed by atoms with Crippen molar-refractivity contribution in [1.82, 2.24) is 4.90 Å². The molecule has 0 saturated heterocycles. The summed E-state index contributed by atoms with van der Waals surface area (Å²) in [6.45, 7) is 6.48. The summed E-state index contributed by atoms with van der Waals surface area (Å²) in [7, 11) is 0. The minimum Gasteiger partial charge on any atom is -0.345 e. The lowest BCUT2D eigenvalue weighted by Gasteiger charge is -2.17. The molecule has 0 N–H and O–H groups in total. The number of hydrogen-bond acceptors (Lipinski definition) is 1. The minimum absolute atomic E-state index is 0.954. The average Bonchev–Trinajstić information content (AvgIpc) is 2.95. The van der Waals surface area contributed by atoms with Gasteiger partial charge in [0.15, 0.2) is 0 Å². The third-order valence-corrected chi connectivity index (χ3v) is 8.06. The van der Waals surface area contributed by atoms with Crippen molar-refractivity contribution < 1.29 is 4.79 Å². The first-order chi connectivity index (χ1) is 19.3. The van der Waals surface area contributed by atoms with Crippen molar-refractivity contribution >= 4 is 6.41 Å². The summed E-state index contributed by atoms with van der Waals surface area (Å²) in [6.07, 6.45) is 48.1. The quantitative estimate of drug-likeness (QED) is 0.0456. The van der Waals surface area contributed by atoms with E-state index in [0.29, 0.717) is 0 Å². The predicted molar refractivity (Wildman–Crippen MR) is 177 cm³/mol. The molecule has 2 heteroatoms. The van der Waals surface area contributed by atoms with Gasteiger partial charge in [-0.25, -0.2) is 0 Å². The monoisotopic (exact) mass is 546 g/mol. The number of nitrogens with zero attached hydrogens (tertiary/aromatic N) is 1. The van der Waals surface area contributed by atoms with Gasteiger partial charge in [-0.2, -0.15) is 0 Å². The van der Waals surface area contributed by atoms with Crippen molar-refractivity contribution in [2.24, 2.45) is 0 Å². The number of unbranched alkanes of at least 4 members (excludes halogenated alkanes) is 24. The van der Waals surface area contributed by atoms with E-state index in [1.54, 1.807) is 0 Å². The van der Waals surface area contributed by atoms with E-state index in [1.807, 2.05) is 4.90 Å². The zero-order valence-corrected chi connectivity index (χ0v) is 27.0. The van der Waals surface area contributed by atoms with E-state index in [-0.39, 0.29) is 0 Å². The van der Waals surface area contributed by atoms with Crippen LogP contribution in [0.3, 0.4) is 0 Å². The Hall–Kier alpha value is -1.05. The number of rotatable bonds is 33. The Bertz CT molecular complexity index is 470. The lowest BCUT2D eigenvalue weighted by atomic mass is 10.1. The molecule has 0 atom stereocenters. The van der Waals surface area contributed by atoms with Crippen molar-refractivity contribution in [3.8, 4) is 0 Å². The molecule has 0 fully saturated rings. The molecule has 0 aliphatic heterocycles. The predicted octanol–water partition coefficient (Wildman–Crippen LogP) is 12.5. The Morgan fingerprint density at radius 1 is 0.359 bits per heavy atom. The second-order valence-electron chi connectivity index (χ2n) is 12.0. The minimum atomic E-state index is 0.954. The van der Waals surface area contributed by atoms with Crippen LogP contribution in [0.4, 0.5) is 0 Å². The summed E-state index contributed by atoms with van der Waals surface area (Å²) in [4.78, 5) is 13.4. The molecule has 2 nitrogen and oxygen atoms in total. The Morgan fingerprint density at radius 2 is 0.615 bits per heavy atom. The number of carbonyl (C=O) groups is 1. The standard InChI is InChI=1S/C37H71NO/c1-3-5-7-9-11-13-15-17-19-21-23-25-27-29-31-33-35-38(37-39)36-34-32-30-28-26-24-22-20-18-16-14-12-10-8-6-4-2/h17-20,37H,3-16,21-36H2,1-2H3. The number of carbonyl (C=O) groups excluding carboxylic acids is 1. The van der Waals surface area contributed by atoms with Crippen LogP contribution in [-0.2, 0) is 4.79 Å². The third-order valence-electron chi connectivity index (χ3n) is 8.06. The molecule has 0 aromatic carbocycles. The molecule has 0 rings (SSSR count). The van der Waals surface area contributed by atoms with Gasteiger partial charge in [0, 0.05) is 13.1 Å². The number of allylic oxidation sites excluding steroid dienone is 4. The Balaban J connectivity index is 3.35. The SMILES string of the molecule is CCCCCCCCC=CCCCCCCCCN(C=O)CCCCCCCCC=CCCCCCCCC. The highest BCUT2D eigenvalue weighted by atomic mass is 16.1. The molecule has 0 aromatic rings. The Labute approximate surface area is 246 Å². The Kier molecular flexibility index (Phi) is 34.0. The van der Waals surface area contributed by atoms with Gasteiger partial charge in [-0.05, 0) is 64.2 Å². The fraction of sp³-hybridized carbons (Fsp3) is 0.865. The van der Waals surface area contributed by atoms with Crippen LogP contribution >= 0.6 is 0 Å². The second-order valence-corrected chi connectivity index (χ2v) is 12.0. The van der Waals surface area contributed by atoms with Crippen molar-refractivity contribution in [2.45, 2.75) is 194 Å². The maximum Gasteiger partial charge on any atom is 0.209 e. The van der Waals surface area contributed by atoms with Gasteiger partial charge in [0.05, 0.1) is 0 Å². The van der Waals surface area contributed by atoms with Gasteiger partial charge < -0.3 is 4.90 Å². The van der Waals surface area contributed by atoms with E-state index in [2.05, 4.69) is 38.2 Å². The summed E-state index contributed by atoms with van der Waals surface area (Å²) in [5.41, 5.74) is 0. The highest BCUT2D eigenvalue weighted by Crippen LogP contribution is 2.12. The number of hydrogen-bond donors (Lipinski definition) is 0. The van der Waals surface area contributed by atoms with Crippen LogP contribution in [0.2, 0.25) is 0 Å². The van der Waals surface area contributed by atoms with Gasteiger partial charge in [-0.1, -0.05) is 154 Å². The largest absolute Gasteiger partial charge is 0.345 e. The molecule has 0 bridgehead atoms. The van der Waals surface area contributed by atoms with Gasteiger partial charge in [-0.3, -0.25) is 4.79 Å². The van der Waals surface area contributed by atoms with E-state index in [0.717, 1.165) is 19.5 Å². The molecule has 0 spiro atoms. The van der Waals surface area contributed by atoms with Crippen molar-refractivity contribution in [3.63, 3.8) is 0 Å². The molecule has 0 aliphatic carbocycles. The molecule has 0 unspecified atom stereocenters. The lowest BCUT2D eigenvalue weighted by molar-refractivity contribution is -0.118. The summed E-state index contributed by atoms with van der Waals surface area (Å²) in [5.74, 6) is 0. The molecular weight excluding hydrogens is 474 g/mol. The van der Waals surface area contributed by atoms with Crippen LogP contribution in [0.25, 0.3) is 0 Å². The van der Waals surface area contributed by atoms with Gasteiger partial charge in [-0.15, -0.1) is 0 Å². The van der Waals surface area contributed by atoms with Crippen LogP contribution in [0.5, 0.6) is 0 Å². The summed E-state index contributed by atoms with van der Waals surface area (Å²) >= 11 is 0. The topological polar surface area (TPSA) is 20.3 Å². The normalized spacial score (nSPS) is 11.7. The van der Waals surface area contributed by atoms with E-state index in [9.17, 15) is 4.79 Å². The lowest BCUT2D eigenvalue weighted by Crippen LogP contribution is -2.24. The molecule has 0 saturated carbocycles. The van der Waals surface area contributed by atoms with Crippen LogP contribution in [0, 0.1) is 0 Å². The maximum absolute atomic E-state index is 11.4. The highest BCUT2D eigenvalue weighted by Gasteiger charge is 2.01. The van der Waals surface area contributed by atoms with Crippen molar-refractivity contribution in [2.75, 3.05) is 13.1 Å². The molecule has 230 valence electrons. The molecule has 1 amide bonds. The zero-order valence-electron chi connectivity index (χ0n) is 27.0. The number of amides is 1. The van der Waals surface area contributed by atoms with Crippen LogP contribution < -0.4 is 0 Å². The van der Waals surface area contributed by atoms with E-state index >= 15 is 0 Å². The zero-order chi connectivity index (χ0) is 28.3.